The van der Waals surface area contributed by atoms with Crippen LogP contribution in [0.5, 0.6) is 0 Å². The maximum atomic E-state index is 10.9. The van der Waals surface area contributed by atoms with Gasteiger partial charge in [-0.15, -0.1) is 0 Å². The summed E-state index contributed by atoms with van der Waals surface area (Å²) in [5.74, 6) is 0. The van der Waals surface area contributed by atoms with Gasteiger partial charge in [0.05, 0.1) is 24.9 Å². The molecule has 0 saturated heterocycles. The standard InChI is InChI=1S/C12H16N2O2/c15-6-11-10-7-16-8-12(10)14(13-11)9-4-2-1-3-5-9/h6,9H,1-5,7-8H2. The van der Waals surface area contributed by atoms with Gasteiger partial charge < -0.3 is 4.74 Å². The molecule has 0 radical (unpaired) electrons. The van der Waals surface area contributed by atoms with Crippen molar-refractivity contribution in [1.82, 2.24) is 9.78 Å². The molecule has 1 aromatic heterocycles. The highest BCUT2D eigenvalue weighted by Crippen LogP contribution is 2.32. The number of aldehydes is 1. The molecule has 1 aliphatic carbocycles. The van der Waals surface area contributed by atoms with Gasteiger partial charge in [-0.1, -0.05) is 19.3 Å². The maximum Gasteiger partial charge on any atom is 0.170 e. The van der Waals surface area contributed by atoms with Crippen molar-refractivity contribution in [2.24, 2.45) is 0 Å². The topological polar surface area (TPSA) is 44.1 Å². The zero-order valence-electron chi connectivity index (χ0n) is 9.32. The summed E-state index contributed by atoms with van der Waals surface area (Å²) in [6.07, 6.45) is 7.11. The average Bonchev–Trinajstić information content (AvgIpc) is 2.91. The first kappa shape index (κ1) is 10.0. The molecule has 1 aliphatic heterocycles. The Morgan fingerprint density at radius 1 is 1.25 bits per heavy atom. The third kappa shape index (κ3) is 1.48. The molecule has 16 heavy (non-hydrogen) atoms. The van der Waals surface area contributed by atoms with E-state index < -0.39 is 0 Å². The van der Waals surface area contributed by atoms with E-state index in [-0.39, 0.29) is 0 Å². The summed E-state index contributed by atoms with van der Waals surface area (Å²) in [5, 5.41) is 4.44. The van der Waals surface area contributed by atoms with Crippen LogP contribution >= 0.6 is 0 Å². The van der Waals surface area contributed by atoms with Crippen LogP contribution in [0.4, 0.5) is 0 Å². The minimum atomic E-state index is 0.484. The fourth-order valence-electron chi connectivity index (χ4n) is 2.81. The number of carbonyl (C=O) groups excluding carboxylic acids is 1. The predicted octanol–water partition coefficient (Wildman–Crippen LogP) is 2.23. The lowest BCUT2D eigenvalue weighted by molar-refractivity contribution is 0.109. The van der Waals surface area contributed by atoms with Gasteiger partial charge in [0.2, 0.25) is 0 Å². The van der Waals surface area contributed by atoms with Crippen molar-refractivity contribution in [3.63, 3.8) is 0 Å². The average molecular weight is 220 g/mol. The van der Waals surface area contributed by atoms with E-state index in [0.29, 0.717) is 24.9 Å². The number of aromatic nitrogens is 2. The number of hydrogen-bond donors (Lipinski definition) is 0. The molecule has 0 bridgehead atoms. The van der Waals surface area contributed by atoms with Crippen LogP contribution in [0.15, 0.2) is 0 Å². The lowest BCUT2D eigenvalue weighted by Gasteiger charge is -2.23. The molecule has 0 unspecified atom stereocenters. The quantitative estimate of drug-likeness (QED) is 0.718. The van der Waals surface area contributed by atoms with Gasteiger partial charge >= 0.3 is 0 Å². The fraction of sp³-hybridized carbons (Fsp3) is 0.667. The monoisotopic (exact) mass is 220 g/mol. The summed E-state index contributed by atoms with van der Waals surface area (Å²) in [5.41, 5.74) is 2.73. The zero-order valence-corrected chi connectivity index (χ0v) is 9.32. The second kappa shape index (κ2) is 4.01. The molecule has 4 nitrogen and oxygen atoms in total. The molecule has 0 atom stereocenters. The third-order valence-corrected chi connectivity index (χ3v) is 3.67. The van der Waals surface area contributed by atoms with Gasteiger partial charge in [0, 0.05) is 5.56 Å². The largest absolute Gasteiger partial charge is 0.370 e. The minimum absolute atomic E-state index is 0.484. The second-order valence-corrected chi connectivity index (χ2v) is 4.66. The summed E-state index contributed by atoms with van der Waals surface area (Å²) in [7, 11) is 0. The lowest BCUT2D eigenvalue weighted by atomic mass is 9.95. The van der Waals surface area contributed by atoms with Gasteiger partial charge in [0.15, 0.2) is 6.29 Å². The first-order chi connectivity index (χ1) is 7.90. The molecule has 1 saturated carbocycles. The Labute approximate surface area is 94.6 Å². The Balaban J connectivity index is 1.97. The SMILES string of the molecule is O=Cc1nn(C2CCCCC2)c2c1COC2. The van der Waals surface area contributed by atoms with Gasteiger partial charge in [-0.25, -0.2) is 0 Å². The maximum absolute atomic E-state index is 10.9. The second-order valence-electron chi connectivity index (χ2n) is 4.66. The van der Waals surface area contributed by atoms with E-state index in [1.807, 2.05) is 0 Å². The molecule has 0 amide bonds. The Bertz CT molecular complexity index is 405. The zero-order chi connectivity index (χ0) is 11.0. The summed E-state index contributed by atoms with van der Waals surface area (Å²) in [6.45, 7) is 1.17. The van der Waals surface area contributed by atoms with Gasteiger partial charge in [-0.2, -0.15) is 5.10 Å². The van der Waals surface area contributed by atoms with Crippen LogP contribution in [0.1, 0.15) is 59.9 Å². The highest BCUT2D eigenvalue weighted by Gasteiger charge is 2.27. The van der Waals surface area contributed by atoms with E-state index >= 15 is 0 Å². The van der Waals surface area contributed by atoms with Crippen LogP contribution in [0.25, 0.3) is 0 Å². The normalized spacial score (nSPS) is 21.0. The van der Waals surface area contributed by atoms with E-state index in [1.165, 1.54) is 32.1 Å². The predicted molar refractivity (Wildman–Crippen MR) is 58.2 cm³/mol. The summed E-state index contributed by atoms with van der Waals surface area (Å²) < 4.78 is 7.47. The molecule has 0 N–H and O–H groups in total. The molecule has 1 aromatic rings. The van der Waals surface area contributed by atoms with Gasteiger partial charge in [-0.05, 0) is 12.8 Å². The van der Waals surface area contributed by atoms with Crippen molar-refractivity contribution in [2.45, 2.75) is 51.4 Å². The molecule has 86 valence electrons. The third-order valence-electron chi connectivity index (χ3n) is 3.67. The number of fused-ring (bicyclic) bond motifs is 1. The van der Waals surface area contributed by atoms with Crippen LogP contribution < -0.4 is 0 Å². The highest BCUT2D eigenvalue weighted by molar-refractivity contribution is 5.74. The first-order valence-corrected chi connectivity index (χ1v) is 6.03. The summed E-state index contributed by atoms with van der Waals surface area (Å²) in [4.78, 5) is 10.9. The molecule has 2 aliphatic rings. The number of ether oxygens (including phenoxy) is 1. The summed E-state index contributed by atoms with van der Waals surface area (Å²) >= 11 is 0. The van der Waals surface area contributed by atoms with E-state index in [0.717, 1.165) is 17.5 Å². The Morgan fingerprint density at radius 2 is 2.06 bits per heavy atom. The van der Waals surface area contributed by atoms with Crippen LogP contribution in [-0.4, -0.2) is 16.1 Å². The van der Waals surface area contributed by atoms with Crippen molar-refractivity contribution in [3.05, 3.63) is 17.0 Å². The van der Waals surface area contributed by atoms with Crippen LogP contribution in [0.3, 0.4) is 0 Å². The molecule has 0 aromatic carbocycles. The van der Waals surface area contributed by atoms with E-state index in [2.05, 4.69) is 9.78 Å². The van der Waals surface area contributed by atoms with Gasteiger partial charge in [-0.3, -0.25) is 9.48 Å². The van der Waals surface area contributed by atoms with E-state index in [4.69, 9.17) is 4.74 Å². The molecular weight excluding hydrogens is 204 g/mol. The van der Waals surface area contributed by atoms with Crippen LogP contribution in [0.2, 0.25) is 0 Å². The van der Waals surface area contributed by atoms with E-state index in [9.17, 15) is 4.79 Å². The smallest absolute Gasteiger partial charge is 0.170 e. The van der Waals surface area contributed by atoms with Gasteiger partial charge in [0.1, 0.15) is 5.69 Å². The number of carbonyl (C=O) groups is 1. The molecule has 2 heterocycles. The Morgan fingerprint density at radius 3 is 2.81 bits per heavy atom. The van der Waals surface area contributed by atoms with Crippen molar-refractivity contribution >= 4 is 6.29 Å². The first-order valence-electron chi connectivity index (χ1n) is 6.03. The number of rotatable bonds is 2. The van der Waals surface area contributed by atoms with E-state index in [1.54, 1.807) is 0 Å². The van der Waals surface area contributed by atoms with Crippen molar-refractivity contribution in [2.75, 3.05) is 0 Å². The minimum Gasteiger partial charge on any atom is -0.370 e. The van der Waals surface area contributed by atoms with Crippen LogP contribution in [-0.2, 0) is 18.0 Å². The van der Waals surface area contributed by atoms with Crippen molar-refractivity contribution < 1.29 is 9.53 Å². The molecular formula is C12H16N2O2. The van der Waals surface area contributed by atoms with Gasteiger partial charge in [0.25, 0.3) is 0 Å². The molecule has 0 spiro atoms. The van der Waals surface area contributed by atoms with Crippen molar-refractivity contribution in [1.29, 1.82) is 0 Å². The number of nitrogens with zero attached hydrogens (tertiary/aromatic N) is 2. The Kier molecular flexibility index (Phi) is 2.52. The van der Waals surface area contributed by atoms with Crippen molar-refractivity contribution in [3.8, 4) is 0 Å². The highest BCUT2D eigenvalue weighted by atomic mass is 16.5. The molecule has 1 fully saturated rings. The Hall–Kier alpha value is -1.16. The number of hydrogen-bond acceptors (Lipinski definition) is 3. The molecule has 4 heteroatoms. The lowest BCUT2D eigenvalue weighted by Crippen LogP contribution is -2.16. The summed E-state index contributed by atoms with van der Waals surface area (Å²) in [6, 6.07) is 0.484. The fourth-order valence-corrected chi connectivity index (χ4v) is 2.81. The molecule has 3 rings (SSSR count). The van der Waals surface area contributed by atoms with Crippen LogP contribution in [0, 0.1) is 0 Å².